The molecule has 1 spiro atoms. The van der Waals surface area contributed by atoms with Gasteiger partial charge in [-0.1, -0.05) is 19.9 Å². The molecule has 29 heavy (non-hydrogen) atoms. The fraction of sp³-hybridized carbons (Fsp3) is 0.875. The number of rotatable bonds is 1. The van der Waals surface area contributed by atoms with Gasteiger partial charge in [0.05, 0.1) is 12.2 Å². The molecule has 4 N–H and O–H groups in total. The lowest BCUT2D eigenvalue weighted by molar-refractivity contribution is -0.195. The molecule has 0 saturated heterocycles. The first-order valence-electron chi connectivity index (χ1n) is 11.5. The molecule has 4 rings (SSSR count). The van der Waals surface area contributed by atoms with E-state index < -0.39 is 12.2 Å². The van der Waals surface area contributed by atoms with Crippen LogP contribution in [0.2, 0.25) is 0 Å². The smallest absolute Gasteiger partial charge is 0.315 e. The Labute approximate surface area is 175 Å². The van der Waals surface area contributed by atoms with Gasteiger partial charge in [0.1, 0.15) is 0 Å². The monoisotopic (exact) mass is 404 g/mol. The molecule has 4 saturated carbocycles. The van der Waals surface area contributed by atoms with E-state index in [0.717, 1.165) is 50.5 Å². The zero-order valence-corrected chi connectivity index (χ0v) is 18.8. The van der Waals surface area contributed by atoms with E-state index in [9.17, 15) is 15.0 Å². The van der Waals surface area contributed by atoms with Gasteiger partial charge < -0.3 is 20.8 Å². The molecule has 0 aromatic heterocycles. The van der Waals surface area contributed by atoms with E-state index in [1.807, 2.05) is 20.8 Å². The van der Waals surface area contributed by atoms with Gasteiger partial charge in [-0.3, -0.25) is 0 Å². The lowest BCUT2D eigenvalue weighted by Crippen LogP contribution is -2.68. The highest BCUT2D eigenvalue weighted by atomic mass is 16.3. The Bertz CT molecular complexity index is 715. The summed E-state index contributed by atoms with van der Waals surface area (Å²) in [5.41, 5.74) is 0.0149. The first-order chi connectivity index (χ1) is 13.3. The van der Waals surface area contributed by atoms with Crippen LogP contribution in [-0.2, 0) is 0 Å². The fourth-order valence-electron chi connectivity index (χ4n) is 8.25. The molecule has 4 aliphatic rings. The third-order valence-electron chi connectivity index (χ3n) is 9.05. The highest BCUT2D eigenvalue weighted by Gasteiger charge is 2.69. The highest BCUT2D eigenvalue weighted by Crippen LogP contribution is 2.70. The number of carbonyl (C=O) groups excluding carboxylic acids is 1. The molecule has 164 valence electrons. The molecule has 0 radical (unpaired) electrons. The Morgan fingerprint density at radius 2 is 1.86 bits per heavy atom. The van der Waals surface area contributed by atoms with Crippen molar-refractivity contribution in [2.75, 3.05) is 0 Å². The topological polar surface area (TPSA) is 81.6 Å². The van der Waals surface area contributed by atoms with E-state index in [4.69, 9.17) is 0 Å². The van der Waals surface area contributed by atoms with Crippen LogP contribution >= 0.6 is 0 Å². The molecule has 4 aliphatic carbocycles. The van der Waals surface area contributed by atoms with E-state index in [0.29, 0.717) is 0 Å². The maximum absolute atomic E-state index is 12.8. The average molecular weight is 405 g/mol. The predicted molar refractivity (Wildman–Crippen MR) is 114 cm³/mol. The van der Waals surface area contributed by atoms with Crippen molar-refractivity contribution in [2.45, 2.75) is 103 Å². The third-order valence-corrected chi connectivity index (χ3v) is 9.05. The van der Waals surface area contributed by atoms with Gasteiger partial charge in [-0.25, -0.2) is 4.79 Å². The number of carbonyl (C=O) groups is 1. The average Bonchev–Trinajstić information content (AvgIpc) is 2.73. The molecule has 5 heteroatoms. The number of nitrogens with one attached hydrogen (secondary N) is 2. The van der Waals surface area contributed by atoms with Crippen LogP contribution in [-0.4, -0.2) is 39.5 Å². The fourth-order valence-corrected chi connectivity index (χ4v) is 8.25. The van der Waals surface area contributed by atoms with E-state index in [1.165, 1.54) is 0 Å². The van der Waals surface area contributed by atoms with Gasteiger partial charge in [0.2, 0.25) is 0 Å². The van der Waals surface area contributed by atoms with Gasteiger partial charge in [-0.2, -0.15) is 0 Å². The zero-order chi connectivity index (χ0) is 21.4. The minimum absolute atomic E-state index is 0.0614. The van der Waals surface area contributed by atoms with Crippen LogP contribution in [0.3, 0.4) is 0 Å². The molecule has 2 amide bonds. The summed E-state index contributed by atoms with van der Waals surface area (Å²) in [6, 6.07) is -0.108. The number of aliphatic hydroxyl groups excluding tert-OH is 2. The Morgan fingerprint density at radius 3 is 2.52 bits per heavy atom. The molecule has 8 atom stereocenters. The van der Waals surface area contributed by atoms with Gasteiger partial charge in [-0.15, -0.1) is 0 Å². The second-order valence-corrected chi connectivity index (χ2v) is 12.1. The second kappa shape index (κ2) is 6.46. The summed E-state index contributed by atoms with van der Waals surface area (Å²) in [4.78, 5) is 12.8. The van der Waals surface area contributed by atoms with Crippen molar-refractivity contribution in [1.82, 2.24) is 10.6 Å². The summed E-state index contributed by atoms with van der Waals surface area (Å²) >= 11 is 0. The van der Waals surface area contributed by atoms with Crippen molar-refractivity contribution in [2.24, 2.45) is 28.6 Å². The predicted octanol–water partition coefficient (Wildman–Crippen LogP) is 3.75. The van der Waals surface area contributed by atoms with Gasteiger partial charge in [-0.05, 0) is 95.0 Å². The van der Waals surface area contributed by atoms with Crippen molar-refractivity contribution in [1.29, 1.82) is 0 Å². The quantitative estimate of drug-likeness (QED) is 0.503. The van der Waals surface area contributed by atoms with Crippen molar-refractivity contribution in [3.05, 3.63) is 12.2 Å². The number of fused-ring (bicyclic) bond motifs is 3. The summed E-state index contributed by atoms with van der Waals surface area (Å²) in [5, 5.41) is 28.8. The first-order valence-corrected chi connectivity index (χ1v) is 11.5. The molecule has 0 aromatic carbocycles. The summed E-state index contributed by atoms with van der Waals surface area (Å²) < 4.78 is 0. The maximum atomic E-state index is 12.8. The van der Waals surface area contributed by atoms with Crippen LogP contribution in [0.4, 0.5) is 4.79 Å². The normalized spacial score (nSPS) is 49.2. The molecule has 0 unspecified atom stereocenters. The van der Waals surface area contributed by atoms with Crippen molar-refractivity contribution in [3.8, 4) is 0 Å². The number of amides is 2. The summed E-state index contributed by atoms with van der Waals surface area (Å²) in [6.07, 6.45) is 5.69. The van der Waals surface area contributed by atoms with Crippen LogP contribution < -0.4 is 10.6 Å². The zero-order valence-electron chi connectivity index (χ0n) is 18.8. The lowest BCUT2D eigenvalue weighted by Gasteiger charge is -2.65. The molecule has 0 aromatic rings. The van der Waals surface area contributed by atoms with E-state index in [-0.39, 0.29) is 45.7 Å². The third kappa shape index (κ3) is 3.06. The summed E-state index contributed by atoms with van der Waals surface area (Å²) in [7, 11) is 0. The van der Waals surface area contributed by atoms with Crippen molar-refractivity contribution >= 4 is 6.03 Å². The largest absolute Gasteiger partial charge is 0.393 e. The molecular weight excluding hydrogens is 364 g/mol. The molecule has 0 aliphatic heterocycles. The molecular formula is C24H40N2O3. The van der Waals surface area contributed by atoms with Crippen molar-refractivity contribution < 1.29 is 15.0 Å². The van der Waals surface area contributed by atoms with Crippen LogP contribution in [0.5, 0.6) is 0 Å². The number of hydrogen-bond donors (Lipinski definition) is 4. The molecule has 2 bridgehead atoms. The Kier molecular flexibility index (Phi) is 4.72. The number of aliphatic hydroxyl groups is 2. The van der Waals surface area contributed by atoms with Gasteiger partial charge in [0.25, 0.3) is 0 Å². The van der Waals surface area contributed by atoms with E-state index in [2.05, 4.69) is 31.1 Å². The first kappa shape index (κ1) is 21.2. The highest BCUT2D eigenvalue weighted by molar-refractivity contribution is 5.75. The van der Waals surface area contributed by atoms with Crippen LogP contribution in [0.15, 0.2) is 12.2 Å². The maximum Gasteiger partial charge on any atom is 0.315 e. The van der Waals surface area contributed by atoms with Gasteiger partial charge in [0.15, 0.2) is 0 Å². The van der Waals surface area contributed by atoms with Crippen molar-refractivity contribution in [3.63, 3.8) is 0 Å². The van der Waals surface area contributed by atoms with E-state index in [1.54, 1.807) is 0 Å². The van der Waals surface area contributed by atoms with Gasteiger partial charge in [0, 0.05) is 16.5 Å². The number of urea groups is 1. The van der Waals surface area contributed by atoms with Crippen LogP contribution in [0.25, 0.3) is 0 Å². The molecule has 0 heterocycles. The Balaban J connectivity index is 1.66. The molecule has 4 fully saturated rings. The molecule has 5 nitrogen and oxygen atoms in total. The SMILES string of the molecule is C=C1[C@@H]2C[C@H](O)[C@H]3[C@]4(C)CCC[C@@](C)(NC(=O)NC(C)(C)C)[C@H]4CC[C@]3(C2)[C@@H]1O. The minimum atomic E-state index is -0.502. The van der Waals surface area contributed by atoms with Gasteiger partial charge >= 0.3 is 6.03 Å². The standard InChI is InChI=1S/C24H40N2O3/c1-14-15-12-16(27)18-22(5)9-7-10-23(6,26-20(29)25-21(2,3)4)17(22)8-11-24(18,13-15)19(14)28/h15-19,27-28H,1,7-13H2,2-6H3,(H2,25,26,29)/t15-,16+,17+,18+,19-,22-,23-,24-/m1/s1. The Morgan fingerprint density at radius 1 is 1.17 bits per heavy atom. The second-order valence-electron chi connectivity index (χ2n) is 12.1. The van der Waals surface area contributed by atoms with Crippen LogP contribution in [0.1, 0.15) is 79.6 Å². The van der Waals surface area contributed by atoms with Crippen LogP contribution in [0, 0.1) is 28.6 Å². The Hall–Kier alpha value is -1.07. The lowest BCUT2D eigenvalue weighted by atomic mass is 9.41. The minimum Gasteiger partial charge on any atom is -0.393 e. The summed E-state index contributed by atoms with van der Waals surface area (Å²) in [5.74, 6) is 0.603. The number of hydrogen-bond acceptors (Lipinski definition) is 3. The van der Waals surface area contributed by atoms with E-state index >= 15 is 0 Å². The summed E-state index contributed by atoms with van der Waals surface area (Å²) in [6.45, 7) is 14.7.